The van der Waals surface area contributed by atoms with E-state index in [4.69, 9.17) is 0 Å². The first-order valence-corrected chi connectivity index (χ1v) is 9.04. The topological polar surface area (TPSA) is 70.2 Å². The second kappa shape index (κ2) is 7.79. The van der Waals surface area contributed by atoms with Crippen molar-refractivity contribution in [3.63, 3.8) is 0 Å². The molecule has 130 valence electrons. The molecule has 24 heavy (non-hydrogen) atoms. The van der Waals surface area contributed by atoms with E-state index >= 15 is 0 Å². The molecule has 5 heteroatoms. The van der Waals surface area contributed by atoms with Gasteiger partial charge in [-0.3, -0.25) is 9.59 Å². The van der Waals surface area contributed by atoms with Gasteiger partial charge in [0, 0.05) is 23.7 Å². The number of rotatable bonds is 6. The zero-order chi connectivity index (χ0) is 16.9. The number of anilines is 1. The van der Waals surface area contributed by atoms with E-state index in [2.05, 4.69) is 16.0 Å². The molecule has 1 aromatic rings. The average molecular weight is 329 g/mol. The Morgan fingerprint density at radius 2 is 1.92 bits per heavy atom. The molecule has 3 N–H and O–H groups in total. The Labute approximate surface area is 143 Å². The number of carbonyl (C=O) groups excluding carboxylic acids is 2. The lowest BCUT2D eigenvalue weighted by molar-refractivity contribution is -0.116. The lowest BCUT2D eigenvalue weighted by Gasteiger charge is -2.22. The Morgan fingerprint density at radius 1 is 1.17 bits per heavy atom. The van der Waals surface area contributed by atoms with Gasteiger partial charge in [0.25, 0.3) is 5.91 Å². The van der Waals surface area contributed by atoms with Gasteiger partial charge in [-0.25, -0.2) is 0 Å². The number of amides is 2. The minimum Gasteiger partial charge on any atom is -0.349 e. The number of hydrogen-bond acceptors (Lipinski definition) is 3. The van der Waals surface area contributed by atoms with E-state index in [9.17, 15) is 9.59 Å². The lowest BCUT2D eigenvalue weighted by Crippen LogP contribution is -2.28. The Hall–Kier alpha value is -1.88. The molecule has 2 amide bonds. The van der Waals surface area contributed by atoms with E-state index in [1.165, 1.54) is 0 Å². The van der Waals surface area contributed by atoms with Crippen LogP contribution in [-0.4, -0.2) is 30.9 Å². The summed E-state index contributed by atoms with van der Waals surface area (Å²) < 4.78 is 0. The van der Waals surface area contributed by atoms with E-state index in [0.29, 0.717) is 23.9 Å². The maximum atomic E-state index is 12.2. The molecule has 1 heterocycles. The monoisotopic (exact) mass is 329 g/mol. The Balaban J connectivity index is 1.54. The smallest absolute Gasteiger partial charge is 0.251 e. The molecule has 1 aliphatic carbocycles. The summed E-state index contributed by atoms with van der Waals surface area (Å²) in [6.07, 6.45) is 5.93. The Kier molecular flexibility index (Phi) is 5.51. The normalized spacial score (nSPS) is 18.2. The summed E-state index contributed by atoms with van der Waals surface area (Å²) in [5.74, 6) is 0.632. The van der Waals surface area contributed by atoms with Crippen LogP contribution < -0.4 is 16.0 Å². The van der Waals surface area contributed by atoms with Crippen LogP contribution in [0.15, 0.2) is 18.2 Å². The molecule has 0 aromatic heterocycles. The van der Waals surface area contributed by atoms with Crippen molar-refractivity contribution in [2.45, 2.75) is 51.5 Å². The molecule has 5 nitrogen and oxygen atoms in total. The molecule has 1 saturated heterocycles. The van der Waals surface area contributed by atoms with Gasteiger partial charge in [-0.15, -0.1) is 0 Å². The molecule has 2 aliphatic rings. The van der Waals surface area contributed by atoms with Crippen molar-refractivity contribution in [1.82, 2.24) is 10.6 Å². The second-order valence-electron chi connectivity index (χ2n) is 7.06. The molecule has 0 unspecified atom stereocenters. The second-order valence-corrected chi connectivity index (χ2v) is 7.06. The van der Waals surface area contributed by atoms with Crippen LogP contribution in [0.25, 0.3) is 0 Å². The first-order chi connectivity index (χ1) is 11.6. The predicted octanol–water partition coefficient (Wildman–Crippen LogP) is 2.61. The van der Waals surface area contributed by atoms with Crippen molar-refractivity contribution in [2.75, 3.05) is 18.4 Å². The molecule has 2 fully saturated rings. The van der Waals surface area contributed by atoms with Gasteiger partial charge in [0.15, 0.2) is 0 Å². The highest BCUT2D eigenvalue weighted by Gasteiger charge is 2.24. The molecule has 3 rings (SSSR count). The molecular formula is C19H27N3O2. The SMILES string of the molecule is Cc1ccc(C(=O)NC2CC2)cc1NC(=O)CCC1CCNCC1. The summed E-state index contributed by atoms with van der Waals surface area (Å²) in [6, 6.07) is 5.83. The predicted molar refractivity (Wildman–Crippen MR) is 95.1 cm³/mol. The third kappa shape index (κ3) is 4.81. The summed E-state index contributed by atoms with van der Waals surface area (Å²) >= 11 is 0. The number of carbonyl (C=O) groups is 2. The van der Waals surface area contributed by atoms with Crippen LogP contribution in [0, 0.1) is 12.8 Å². The van der Waals surface area contributed by atoms with Crippen LogP contribution in [0.3, 0.4) is 0 Å². The van der Waals surface area contributed by atoms with Gasteiger partial charge < -0.3 is 16.0 Å². The highest BCUT2D eigenvalue weighted by molar-refractivity contribution is 5.98. The maximum Gasteiger partial charge on any atom is 0.251 e. The van der Waals surface area contributed by atoms with Crippen LogP contribution in [-0.2, 0) is 4.79 Å². The molecule has 0 radical (unpaired) electrons. The van der Waals surface area contributed by atoms with E-state index < -0.39 is 0 Å². The van der Waals surface area contributed by atoms with Crippen molar-refractivity contribution in [3.8, 4) is 0 Å². The number of hydrogen-bond donors (Lipinski definition) is 3. The van der Waals surface area contributed by atoms with Gasteiger partial charge in [-0.2, -0.15) is 0 Å². The van der Waals surface area contributed by atoms with Crippen LogP contribution in [0.1, 0.15) is 54.4 Å². The zero-order valence-corrected chi connectivity index (χ0v) is 14.4. The van der Waals surface area contributed by atoms with Crippen molar-refractivity contribution in [3.05, 3.63) is 29.3 Å². The van der Waals surface area contributed by atoms with Gasteiger partial charge in [-0.1, -0.05) is 6.07 Å². The van der Waals surface area contributed by atoms with Crippen molar-refractivity contribution >= 4 is 17.5 Å². The van der Waals surface area contributed by atoms with Gasteiger partial charge in [0.2, 0.25) is 5.91 Å². The summed E-state index contributed by atoms with van der Waals surface area (Å²) in [4.78, 5) is 24.4. The third-order valence-corrected chi connectivity index (χ3v) is 4.92. The van der Waals surface area contributed by atoms with E-state index in [1.807, 2.05) is 19.1 Å². The summed E-state index contributed by atoms with van der Waals surface area (Å²) in [7, 11) is 0. The van der Waals surface area contributed by atoms with Crippen LogP contribution in [0.5, 0.6) is 0 Å². The maximum absolute atomic E-state index is 12.2. The summed E-state index contributed by atoms with van der Waals surface area (Å²) in [5.41, 5.74) is 2.34. The van der Waals surface area contributed by atoms with Crippen molar-refractivity contribution in [1.29, 1.82) is 0 Å². The Morgan fingerprint density at radius 3 is 2.62 bits per heavy atom. The summed E-state index contributed by atoms with van der Waals surface area (Å²) in [6.45, 7) is 4.07. The van der Waals surface area contributed by atoms with Gasteiger partial charge in [0.05, 0.1) is 0 Å². The first-order valence-electron chi connectivity index (χ1n) is 9.04. The highest BCUT2D eigenvalue weighted by atomic mass is 16.2. The fourth-order valence-electron chi connectivity index (χ4n) is 3.11. The highest BCUT2D eigenvalue weighted by Crippen LogP contribution is 2.22. The molecule has 0 atom stereocenters. The van der Waals surface area contributed by atoms with Gasteiger partial charge in [-0.05, 0) is 75.7 Å². The number of benzene rings is 1. The summed E-state index contributed by atoms with van der Waals surface area (Å²) in [5, 5.41) is 9.31. The zero-order valence-electron chi connectivity index (χ0n) is 14.4. The largest absolute Gasteiger partial charge is 0.349 e. The van der Waals surface area contributed by atoms with E-state index in [1.54, 1.807) is 6.07 Å². The minimum absolute atomic E-state index is 0.0383. The Bertz CT molecular complexity index is 605. The van der Waals surface area contributed by atoms with Crippen molar-refractivity contribution < 1.29 is 9.59 Å². The molecule has 1 aliphatic heterocycles. The standard InChI is InChI=1S/C19H27N3O2/c1-13-2-4-15(19(24)21-16-5-6-16)12-17(13)22-18(23)7-3-14-8-10-20-11-9-14/h2,4,12,14,16,20H,3,5-11H2,1H3,(H,21,24)(H,22,23). The van der Waals surface area contributed by atoms with Crippen LogP contribution in [0.2, 0.25) is 0 Å². The van der Waals surface area contributed by atoms with E-state index in [0.717, 1.165) is 56.4 Å². The van der Waals surface area contributed by atoms with Gasteiger partial charge >= 0.3 is 0 Å². The van der Waals surface area contributed by atoms with Crippen LogP contribution >= 0.6 is 0 Å². The fourth-order valence-corrected chi connectivity index (χ4v) is 3.11. The number of aryl methyl sites for hydroxylation is 1. The lowest BCUT2D eigenvalue weighted by atomic mass is 9.93. The molecular weight excluding hydrogens is 302 g/mol. The number of piperidine rings is 1. The minimum atomic E-state index is -0.0531. The quantitative estimate of drug-likeness (QED) is 0.751. The third-order valence-electron chi connectivity index (χ3n) is 4.92. The average Bonchev–Trinajstić information content (AvgIpc) is 3.40. The fraction of sp³-hybridized carbons (Fsp3) is 0.579. The first kappa shape index (κ1) is 17.0. The molecule has 0 spiro atoms. The molecule has 1 aromatic carbocycles. The molecule has 1 saturated carbocycles. The van der Waals surface area contributed by atoms with Crippen LogP contribution in [0.4, 0.5) is 5.69 Å². The number of nitrogens with one attached hydrogen (secondary N) is 3. The van der Waals surface area contributed by atoms with Gasteiger partial charge in [0.1, 0.15) is 0 Å². The molecule has 0 bridgehead atoms. The van der Waals surface area contributed by atoms with Crippen molar-refractivity contribution in [2.24, 2.45) is 5.92 Å². The van der Waals surface area contributed by atoms with E-state index in [-0.39, 0.29) is 11.8 Å².